The molecule has 0 aliphatic heterocycles. The van der Waals surface area contributed by atoms with E-state index in [1.165, 1.54) is 5.69 Å². The molecule has 1 heteroatoms. The van der Waals surface area contributed by atoms with Crippen molar-refractivity contribution in [3.8, 4) is 11.8 Å². The number of hydrogen-bond acceptors (Lipinski definition) is 1. The van der Waals surface area contributed by atoms with Crippen LogP contribution in [0.3, 0.4) is 0 Å². The second kappa shape index (κ2) is 5.93. The molecule has 0 saturated heterocycles. The molecule has 0 amide bonds. The van der Waals surface area contributed by atoms with Crippen LogP contribution in [-0.2, 0) is 0 Å². The molecule has 2 aromatic rings. The average molecular weight is 235 g/mol. The van der Waals surface area contributed by atoms with Crippen LogP contribution in [0.5, 0.6) is 0 Å². The van der Waals surface area contributed by atoms with E-state index in [0.29, 0.717) is 0 Å². The number of para-hydroxylation sites is 1. The number of nitrogens with zero attached hydrogens (tertiary/aromatic N) is 1. The number of rotatable bonds is 2. The molecule has 0 aromatic heterocycles. The maximum Gasteiger partial charge on any atom is 0.0876 e. The Morgan fingerprint density at radius 1 is 0.889 bits per heavy atom. The molecular weight excluding hydrogens is 218 g/mol. The quantitative estimate of drug-likeness (QED) is 0.719. The highest BCUT2D eigenvalue weighted by Gasteiger charge is 2.05. The minimum Gasteiger partial charge on any atom is -0.361 e. The van der Waals surface area contributed by atoms with Crippen LogP contribution in [0.2, 0.25) is 0 Å². The average Bonchev–Trinajstić information content (AvgIpc) is 2.46. The molecule has 0 aliphatic carbocycles. The minimum atomic E-state index is 0.188. The van der Waals surface area contributed by atoms with Gasteiger partial charge in [-0.1, -0.05) is 48.2 Å². The first-order valence-corrected chi connectivity index (χ1v) is 6.12. The maximum absolute atomic E-state index is 3.27. The molecular formula is C17H17N. The lowest BCUT2D eigenvalue weighted by molar-refractivity contribution is 0.847. The SMILES string of the molecule is C[C@@H](C#Cc1ccccc1)N(C)c1ccccc1. The molecule has 1 nitrogen and oxygen atoms in total. The van der Waals surface area contributed by atoms with Gasteiger partial charge >= 0.3 is 0 Å². The summed E-state index contributed by atoms with van der Waals surface area (Å²) in [6, 6.07) is 20.6. The van der Waals surface area contributed by atoms with E-state index in [1.807, 2.05) is 48.5 Å². The zero-order valence-corrected chi connectivity index (χ0v) is 10.8. The van der Waals surface area contributed by atoms with Crippen LogP contribution >= 0.6 is 0 Å². The second-order valence-electron chi connectivity index (χ2n) is 4.26. The third-order valence-electron chi connectivity index (χ3n) is 2.94. The van der Waals surface area contributed by atoms with Crippen molar-refractivity contribution in [1.82, 2.24) is 0 Å². The van der Waals surface area contributed by atoms with Crippen molar-refractivity contribution in [2.75, 3.05) is 11.9 Å². The Balaban J connectivity index is 2.09. The standard InChI is InChI=1S/C17H17N/c1-15(13-14-16-9-5-3-6-10-16)18(2)17-11-7-4-8-12-17/h3-12,15H,1-2H3/t15-/m0/s1. The summed E-state index contributed by atoms with van der Waals surface area (Å²) in [5, 5.41) is 0. The predicted molar refractivity (Wildman–Crippen MR) is 77.6 cm³/mol. The summed E-state index contributed by atoms with van der Waals surface area (Å²) >= 11 is 0. The molecule has 1 atom stereocenters. The zero-order valence-electron chi connectivity index (χ0n) is 10.8. The lowest BCUT2D eigenvalue weighted by Gasteiger charge is -2.22. The van der Waals surface area contributed by atoms with E-state index in [9.17, 15) is 0 Å². The van der Waals surface area contributed by atoms with Crippen LogP contribution in [0.4, 0.5) is 5.69 Å². The largest absolute Gasteiger partial charge is 0.361 e. The fourth-order valence-electron chi connectivity index (χ4n) is 1.69. The lowest BCUT2D eigenvalue weighted by Crippen LogP contribution is -2.27. The third-order valence-corrected chi connectivity index (χ3v) is 2.94. The van der Waals surface area contributed by atoms with Gasteiger partial charge in [0, 0.05) is 18.3 Å². The van der Waals surface area contributed by atoms with Crippen molar-refractivity contribution in [1.29, 1.82) is 0 Å². The summed E-state index contributed by atoms with van der Waals surface area (Å²) in [5.41, 5.74) is 2.25. The van der Waals surface area contributed by atoms with Crippen molar-refractivity contribution < 1.29 is 0 Å². The summed E-state index contributed by atoms with van der Waals surface area (Å²) in [4.78, 5) is 2.18. The monoisotopic (exact) mass is 235 g/mol. The van der Waals surface area contributed by atoms with Crippen LogP contribution < -0.4 is 4.90 Å². The van der Waals surface area contributed by atoms with Crippen molar-refractivity contribution in [2.24, 2.45) is 0 Å². The normalized spacial score (nSPS) is 11.2. The van der Waals surface area contributed by atoms with E-state index >= 15 is 0 Å². The Morgan fingerprint density at radius 3 is 2.06 bits per heavy atom. The molecule has 0 spiro atoms. The second-order valence-corrected chi connectivity index (χ2v) is 4.26. The van der Waals surface area contributed by atoms with Gasteiger partial charge in [0.25, 0.3) is 0 Å². The van der Waals surface area contributed by atoms with Crippen LogP contribution in [0, 0.1) is 11.8 Å². The van der Waals surface area contributed by atoms with Gasteiger partial charge in [0.1, 0.15) is 0 Å². The van der Waals surface area contributed by atoms with E-state index in [2.05, 4.69) is 42.8 Å². The smallest absolute Gasteiger partial charge is 0.0876 e. The van der Waals surface area contributed by atoms with E-state index in [1.54, 1.807) is 0 Å². The molecule has 0 saturated carbocycles. The van der Waals surface area contributed by atoms with Gasteiger partial charge in [0.05, 0.1) is 6.04 Å². The topological polar surface area (TPSA) is 3.24 Å². The molecule has 0 aliphatic rings. The molecule has 90 valence electrons. The Morgan fingerprint density at radius 2 is 1.44 bits per heavy atom. The highest BCUT2D eigenvalue weighted by atomic mass is 15.1. The fraction of sp³-hybridized carbons (Fsp3) is 0.176. The summed E-state index contributed by atoms with van der Waals surface area (Å²) in [7, 11) is 2.07. The highest BCUT2D eigenvalue weighted by molar-refractivity contribution is 5.48. The van der Waals surface area contributed by atoms with Gasteiger partial charge in [-0.3, -0.25) is 0 Å². The number of hydrogen-bond donors (Lipinski definition) is 0. The number of anilines is 1. The van der Waals surface area contributed by atoms with E-state index in [4.69, 9.17) is 0 Å². The first kappa shape index (κ1) is 12.3. The van der Waals surface area contributed by atoms with Crippen molar-refractivity contribution in [3.05, 3.63) is 66.2 Å². The molecule has 0 bridgehead atoms. The van der Waals surface area contributed by atoms with E-state index in [-0.39, 0.29) is 6.04 Å². The Labute approximate surface area is 109 Å². The molecule has 18 heavy (non-hydrogen) atoms. The molecule has 0 fully saturated rings. The van der Waals surface area contributed by atoms with Gasteiger partial charge in [0.2, 0.25) is 0 Å². The first-order valence-electron chi connectivity index (χ1n) is 6.12. The van der Waals surface area contributed by atoms with E-state index < -0.39 is 0 Å². The molecule has 0 heterocycles. The fourth-order valence-corrected chi connectivity index (χ4v) is 1.69. The zero-order chi connectivity index (χ0) is 12.8. The van der Waals surface area contributed by atoms with Gasteiger partial charge in [-0.2, -0.15) is 0 Å². The van der Waals surface area contributed by atoms with Crippen LogP contribution in [0.1, 0.15) is 12.5 Å². The van der Waals surface area contributed by atoms with Gasteiger partial charge < -0.3 is 4.90 Å². The van der Waals surface area contributed by atoms with Gasteiger partial charge in [-0.05, 0) is 31.2 Å². The van der Waals surface area contributed by atoms with Gasteiger partial charge in [0.15, 0.2) is 0 Å². The van der Waals surface area contributed by atoms with Gasteiger partial charge in [-0.25, -0.2) is 0 Å². The van der Waals surface area contributed by atoms with Crippen LogP contribution in [0.15, 0.2) is 60.7 Å². The summed E-state index contributed by atoms with van der Waals surface area (Å²) in [6.07, 6.45) is 0. The molecule has 2 rings (SSSR count). The molecule has 0 radical (unpaired) electrons. The maximum atomic E-state index is 3.27. The Kier molecular flexibility index (Phi) is 4.04. The predicted octanol–water partition coefficient (Wildman–Crippen LogP) is 3.56. The summed E-state index contributed by atoms with van der Waals surface area (Å²) in [5.74, 6) is 6.48. The Bertz CT molecular complexity index is 534. The van der Waals surface area contributed by atoms with Crippen LogP contribution in [0.25, 0.3) is 0 Å². The van der Waals surface area contributed by atoms with Crippen molar-refractivity contribution in [3.63, 3.8) is 0 Å². The van der Waals surface area contributed by atoms with Crippen LogP contribution in [-0.4, -0.2) is 13.1 Å². The summed E-state index contributed by atoms with van der Waals surface area (Å²) in [6.45, 7) is 2.11. The molecule has 0 N–H and O–H groups in total. The van der Waals surface area contributed by atoms with E-state index in [0.717, 1.165) is 5.56 Å². The lowest BCUT2D eigenvalue weighted by atomic mass is 10.2. The third kappa shape index (κ3) is 3.15. The number of benzene rings is 2. The molecule has 2 aromatic carbocycles. The highest BCUT2D eigenvalue weighted by Crippen LogP contribution is 2.13. The molecule has 0 unspecified atom stereocenters. The van der Waals surface area contributed by atoms with Crippen molar-refractivity contribution >= 4 is 5.69 Å². The first-order chi connectivity index (χ1) is 8.77. The minimum absolute atomic E-state index is 0.188. The Hall–Kier alpha value is -2.20. The summed E-state index contributed by atoms with van der Waals surface area (Å²) < 4.78 is 0. The van der Waals surface area contributed by atoms with Crippen molar-refractivity contribution in [2.45, 2.75) is 13.0 Å². The van der Waals surface area contributed by atoms with Gasteiger partial charge in [-0.15, -0.1) is 0 Å².